The maximum atomic E-state index is 5.42. The summed E-state index contributed by atoms with van der Waals surface area (Å²) in [5.74, 6) is 2.35. The van der Waals surface area contributed by atoms with Crippen molar-refractivity contribution in [3.05, 3.63) is 60.8 Å². The van der Waals surface area contributed by atoms with Crippen molar-refractivity contribution in [2.75, 3.05) is 12.4 Å². The van der Waals surface area contributed by atoms with E-state index < -0.39 is 0 Å². The van der Waals surface area contributed by atoms with Gasteiger partial charge in [-0.2, -0.15) is 0 Å². The van der Waals surface area contributed by atoms with Gasteiger partial charge in [0, 0.05) is 36.0 Å². The summed E-state index contributed by atoms with van der Waals surface area (Å²) in [6, 6.07) is 12.0. The summed E-state index contributed by atoms with van der Waals surface area (Å²) in [6.45, 7) is 1.96. The average molecular weight is 316 g/mol. The van der Waals surface area contributed by atoms with Crippen LogP contribution in [0.5, 0.6) is 0 Å². The van der Waals surface area contributed by atoms with E-state index in [9.17, 15) is 0 Å². The minimum atomic E-state index is 0.654. The van der Waals surface area contributed by atoms with E-state index in [-0.39, 0.29) is 0 Å². The molecule has 0 aliphatic heterocycles. The van der Waals surface area contributed by atoms with E-state index in [1.54, 1.807) is 18.7 Å². The molecule has 0 saturated carbocycles. The van der Waals surface area contributed by atoms with E-state index in [2.05, 4.69) is 27.4 Å². The third-order valence-electron chi connectivity index (χ3n) is 4.02. The molecule has 0 spiro atoms. The highest BCUT2D eigenvalue weighted by molar-refractivity contribution is 5.93. The molecule has 0 saturated heterocycles. The predicted octanol–water partition coefficient (Wildman–Crippen LogP) is 4.30. The number of benzene rings is 1. The zero-order chi connectivity index (χ0) is 16.5. The monoisotopic (exact) mass is 316 g/mol. The molecule has 3 aromatic heterocycles. The lowest BCUT2D eigenvalue weighted by molar-refractivity contribution is 0.535. The molecule has 0 bridgehead atoms. The van der Waals surface area contributed by atoms with Crippen molar-refractivity contribution in [1.29, 1.82) is 0 Å². The minimum Gasteiger partial charge on any atom is -0.469 e. The number of fused-ring (bicyclic) bond motifs is 1. The standard InChI is InChI=1S/C19H16N4O/c1-12-15(7-9-24-12)13-5-6-16-17(10-13)22-18(23-19(16)20-2)14-4-3-8-21-11-14/h3-11H,1-2H3,(H,20,22,23). The number of nitrogens with one attached hydrogen (secondary N) is 1. The van der Waals surface area contributed by atoms with Gasteiger partial charge in [0.05, 0.1) is 11.8 Å². The second-order valence-corrected chi connectivity index (χ2v) is 5.51. The summed E-state index contributed by atoms with van der Waals surface area (Å²) in [4.78, 5) is 13.5. The zero-order valence-electron chi connectivity index (χ0n) is 13.4. The number of hydrogen-bond acceptors (Lipinski definition) is 5. The van der Waals surface area contributed by atoms with E-state index in [4.69, 9.17) is 9.40 Å². The minimum absolute atomic E-state index is 0.654. The second-order valence-electron chi connectivity index (χ2n) is 5.51. The van der Waals surface area contributed by atoms with E-state index >= 15 is 0 Å². The topological polar surface area (TPSA) is 63.8 Å². The Balaban J connectivity index is 1.93. The quantitative estimate of drug-likeness (QED) is 0.610. The molecule has 0 radical (unpaired) electrons. The Bertz CT molecular complexity index is 1010. The summed E-state index contributed by atoms with van der Waals surface area (Å²) in [6.07, 6.45) is 5.21. The van der Waals surface area contributed by atoms with Crippen LogP contribution < -0.4 is 5.32 Å². The smallest absolute Gasteiger partial charge is 0.163 e. The highest BCUT2D eigenvalue weighted by Gasteiger charge is 2.11. The molecule has 5 nitrogen and oxygen atoms in total. The van der Waals surface area contributed by atoms with Crippen LogP contribution in [0, 0.1) is 6.92 Å². The molecule has 1 aromatic carbocycles. The Labute approximate surface area is 139 Å². The third-order valence-corrected chi connectivity index (χ3v) is 4.02. The van der Waals surface area contributed by atoms with Crippen LogP contribution in [0.4, 0.5) is 5.82 Å². The van der Waals surface area contributed by atoms with Crippen molar-refractivity contribution in [2.45, 2.75) is 6.92 Å². The van der Waals surface area contributed by atoms with Crippen molar-refractivity contribution >= 4 is 16.7 Å². The Kier molecular flexibility index (Phi) is 3.46. The van der Waals surface area contributed by atoms with Crippen molar-refractivity contribution in [3.8, 4) is 22.5 Å². The number of aromatic nitrogens is 3. The molecule has 0 aliphatic carbocycles. The number of furan rings is 1. The van der Waals surface area contributed by atoms with Crippen LogP contribution in [0.3, 0.4) is 0 Å². The van der Waals surface area contributed by atoms with Crippen LogP contribution in [0.15, 0.2) is 59.5 Å². The molecular formula is C19H16N4O. The first kappa shape index (κ1) is 14.4. The van der Waals surface area contributed by atoms with Gasteiger partial charge in [0.1, 0.15) is 11.6 Å². The maximum absolute atomic E-state index is 5.42. The van der Waals surface area contributed by atoms with Gasteiger partial charge in [0.15, 0.2) is 5.82 Å². The van der Waals surface area contributed by atoms with Gasteiger partial charge < -0.3 is 9.73 Å². The number of anilines is 1. The Morgan fingerprint density at radius 1 is 1.04 bits per heavy atom. The van der Waals surface area contributed by atoms with E-state index in [0.29, 0.717) is 5.82 Å². The molecule has 0 unspecified atom stereocenters. The van der Waals surface area contributed by atoms with Gasteiger partial charge in [0.2, 0.25) is 0 Å². The SMILES string of the molecule is CNc1nc(-c2cccnc2)nc2cc(-c3ccoc3C)ccc12. The molecule has 1 N–H and O–H groups in total. The first-order valence-corrected chi connectivity index (χ1v) is 7.70. The summed E-state index contributed by atoms with van der Waals surface area (Å²) in [7, 11) is 1.86. The van der Waals surface area contributed by atoms with Gasteiger partial charge in [-0.25, -0.2) is 9.97 Å². The van der Waals surface area contributed by atoms with E-state index in [0.717, 1.165) is 39.2 Å². The lowest BCUT2D eigenvalue weighted by atomic mass is 10.0. The Morgan fingerprint density at radius 3 is 2.67 bits per heavy atom. The molecule has 5 heteroatoms. The fourth-order valence-corrected chi connectivity index (χ4v) is 2.80. The van der Waals surface area contributed by atoms with Crippen LogP contribution in [-0.2, 0) is 0 Å². The highest BCUT2D eigenvalue weighted by atomic mass is 16.3. The fraction of sp³-hybridized carbons (Fsp3) is 0.105. The normalized spacial score (nSPS) is 10.9. The molecule has 4 rings (SSSR count). The summed E-state index contributed by atoms with van der Waals surface area (Å²) >= 11 is 0. The second kappa shape index (κ2) is 5.77. The lowest BCUT2D eigenvalue weighted by Gasteiger charge is -2.09. The number of pyridine rings is 1. The summed E-state index contributed by atoms with van der Waals surface area (Å²) in [5, 5.41) is 4.14. The van der Waals surface area contributed by atoms with E-state index in [1.807, 2.05) is 38.2 Å². The van der Waals surface area contributed by atoms with Gasteiger partial charge in [0.25, 0.3) is 0 Å². The zero-order valence-corrected chi connectivity index (χ0v) is 13.4. The van der Waals surface area contributed by atoms with Crippen molar-refractivity contribution < 1.29 is 4.42 Å². The van der Waals surface area contributed by atoms with Crippen LogP contribution >= 0.6 is 0 Å². The van der Waals surface area contributed by atoms with Crippen LogP contribution in [0.25, 0.3) is 33.4 Å². The van der Waals surface area contributed by atoms with Crippen molar-refractivity contribution in [1.82, 2.24) is 15.0 Å². The Morgan fingerprint density at radius 2 is 1.96 bits per heavy atom. The lowest BCUT2D eigenvalue weighted by Crippen LogP contribution is -1.99. The fourth-order valence-electron chi connectivity index (χ4n) is 2.80. The van der Waals surface area contributed by atoms with Gasteiger partial charge >= 0.3 is 0 Å². The average Bonchev–Trinajstić information content (AvgIpc) is 3.07. The molecule has 24 heavy (non-hydrogen) atoms. The van der Waals surface area contributed by atoms with Crippen LogP contribution in [-0.4, -0.2) is 22.0 Å². The van der Waals surface area contributed by atoms with Crippen molar-refractivity contribution in [2.24, 2.45) is 0 Å². The maximum Gasteiger partial charge on any atom is 0.163 e. The molecule has 0 atom stereocenters. The highest BCUT2D eigenvalue weighted by Crippen LogP contribution is 2.30. The molecule has 3 heterocycles. The van der Waals surface area contributed by atoms with Crippen LogP contribution in [0.1, 0.15) is 5.76 Å². The first-order valence-electron chi connectivity index (χ1n) is 7.70. The third kappa shape index (κ3) is 2.40. The van der Waals surface area contributed by atoms with Crippen molar-refractivity contribution in [3.63, 3.8) is 0 Å². The van der Waals surface area contributed by atoms with Crippen LogP contribution in [0.2, 0.25) is 0 Å². The number of rotatable bonds is 3. The molecule has 4 aromatic rings. The van der Waals surface area contributed by atoms with Gasteiger partial charge in [-0.1, -0.05) is 6.07 Å². The summed E-state index contributed by atoms with van der Waals surface area (Å²) < 4.78 is 5.42. The molecular weight excluding hydrogens is 300 g/mol. The largest absolute Gasteiger partial charge is 0.469 e. The molecule has 0 fully saturated rings. The van der Waals surface area contributed by atoms with Gasteiger partial charge in [-0.3, -0.25) is 4.98 Å². The molecule has 0 amide bonds. The first-order chi connectivity index (χ1) is 11.8. The predicted molar refractivity (Wildman–Crippen MR) is 94.8 cm³/mol. The summed E-state index contributed by atoms with van der Waals surface area (Å²) in [5.41, 5.74) is 3.92. The van der Waals surface area contributed by atoms with Gasteiger partial charge in [-0.15, -0.1) is 0 Å². The number of aryl methyl sites for hydroxylation is 1. The number of hydrogen-bond donors (Lipinski definition) is 1. The Hall–Kier alpha value is -3.21. The van der Waals surface area contributed by atoms with E-state index in [1.165, 1.54) is 0 Å². The molecule has 118 valence electrons. The molecule has 0 aliphatic rings. The van der Waals surface area contributed by atoms with Gasteiger partial charge in [-0.05, 0) is 42.8 Å². The number of nitrogens with zero attached hydrogens (tertiary/aromatic N) is 3.